The minimum Gasteiger partial charge on any atom is -0.496 e. The lowest BCUT2D eigenvalue weighted by Gasteiger charge is -2.32. The zero-order chi connectivity index (χ0) is 16.3. The van der Waals surface area contributed by atoms with Crippen LogP contribution in [0.3, 0.4) is 0 Å². The second kappa shape index (κ2) is 6.98. The summed E-state index contributed by atoms with van der Waals surface area (Å²) in [5.41, 5.74) is 1.58. The summed E-state index contributed by atoms with van der Waals surface area (Å²) < 4.78 is 32.9. The van der Waals surface area contributed by atoms with Crippen LogP contribution in [0.2, 0.25) is 0 Å². The van der Waals surface area contributed by atoms with Crippen LogP contribution in [0.15, 0.2) is 17.0 Å². The molecule has 0 saturated carbocycles. The Hall–Kier alpha value is -1.11. The highest BCUT2D eigenvalue weighted by molar-refractivity contribution is 7.89. The van der Waals surface area contributed by atoms with Gasteiger partial charge in [-0.15, -0.1) is 0 Å². The minimum absolute atomic E-state index is 0.383. The number of benzene rings is 1. The Bertz CT molecular complexity index is 627. The van der Waals surface area contributed by atoms with Crippen LogP contribution in [0.4, 0.5) is 0 Å². The highest BCUT2D eigenvalue weighted by Gasteiger charge is 2.31. The molecule has 2 rings (SSSR count). The molecule has 1 unspecified atom stereocenters. The van der Waals surface area contributed by atoms with Crippen LogP contribution in [0.1, 0.15) is 24.0 Å². The van der Waals surface area contributed by atoms with Crippen molar-refractivity contribution in [1.29, 1.82) is 0 Å². The molecule has 0 aromatic heterocycles. The van der Waals surface area contributed by atoms with Crippen molar-refractivity contribution in [2.75, 3.05) is 33.8 Å². The van der Waals surface area contributed by atoms with Crippen LogP contribution >= 0.6 is 0 Å². The predicted octanol–water partition coefficient (Wildman–Crippen LogP) is 1.93. The van der Waals surface area contributed by atoms with Crippen LogP contribution in [0.25, 0.3) is 0 Å². The van der Waals surface area contributed by atoms with Gasteiger partial charge in [-0.05, 0) is 69.5 Å². The van der Waals surface area contributed by atoms with Crippen LogP contribution in [0.5, 0.6) is 5.75 Å². The van der Waals surface area contributed by atoms with E-state index in [0.717, 1.165) is 36.3 Å². The Balaban J connectivity index is 2.32. The third-order valence-corrected chi connectivity index (χ3v) is 6.29. The number of nitrogens with zero attached hydrogens (tertiary/aromatic N) is 1. The minimum atomic E-state index is -3.44. The second-order valence-corrected chi connectivity index (χ2v) is 7.92. The normalized spacial score (nSPS) is 20.1. The molecule has 0 radical (unpaired) electrons. The Morgan fingerprint density at radius 1 is 1.32 bits per heavy atom. The quantitative estimate of drug-likeness (QED) is 0.898. The van der Waals surface area contributed by atoms with E-state index >= 15 is 0 Å². The first kappa shape index (κ1) is 17.2. The van der Waals surface area contributed by atoms with Gasteiger partial charge in [0.15, 0.2) is 0 Å². The van der Waals surface area contributed by atoms with Gasteiger partial charge in [0.2, 0.25) is 10.0 Å². The maximum Gasteiger partial charge on any atom is 0.243 e. The Labute approximate surface area is 133 Å². The summed E-state index contributed by atoms with van der Waals surface area (Å²) >= 11 is 0. The molecule has 1 aromatic rings. The molecule has 1 saturated heterocycles. The smallest absolute Gasteiger partial charge is 0.243 e. The summed E-state index contributed by atoms with van der Waals surface area (Å²) in [6.45, 7) is 5.74. The van der Waals surface area contributed by atoms with E-state index in [1.54, 1.807) is 23.5 Å². The maximum absolute atomic E-state index is 13.0. The van der Waals surface area contributed by atoms with Crippen molar-refractivity contribution < 1.29 is 13.2 Å². The SMILES string of the molecule is CNCC1CCCN(S(=O)(=O)c2cc(C)c(OC)cc2C)C1. The molecule has 1 N–H and O–H groups in total. The van der Waals surface area contributed by atoms with E-state index < -0.39 is 10.0 Å². The average Bonchev–Trinajstić information content (AvgIpc) is 2.49. The lowest BCUT2D eigenvalue weighted by molar-refractivity contribution is 0.263. The van der Waals surface area contributed by atoms with E-state index in [-0.39, 0.29) is 0 Å². The van der Waals surface area contributed by atoms with Crippen molar-refractivity contribution in [2.45, 2.75) is 31.6 Å². The summed E-state index contributed by atoms with van der Waals surface area (Å²) in [5.74, 6) is 1.11. The lowest BCUT2D eigenvalue weighted by atomic mass is 10.00. The molecule has 1 heterocycles. The number of nitrogens with one attached hydrogen (secondary N) is 1. The van der Waals surface area contributed by atoms with E-state index in [9.17, 15) is 8.42 Å². The Morgan fingerprint density at radius 3 is 2.68 bits per heavy atom. The van der Waals surface area contributed by atoms with Gasteiger partial charge in [0.25, 0.3) is 0 Å². The fraction of sp³-hybridized carbons (Fsp3) is 0.625. The monoisotopic (exact) mass is 326 g/mol. The summed E-state index contributed by atoms with van der Waals surface area (Å²) in [4.78, 5) is 0.399. The molecule has 1 atom stereocenters. The fourth-order valence-corrected chi connectivity index (χ4v) is 4.95. The van der Waals surface area contributed by atoms with Crippen molar-refractivity contribution in [3.05, 3.63) is 23.3 Å². The number of hydrogen-bond acceptors (Lipinski definition) is 4. The first-order chi connectivity index (χ1) is 10.4. The number of sulfonamides is 1. The molecule has 0 aliphatic carbocycles. The van der Waals surface area contributed by atoms with E-state index in [4.69, 9.17) is 4.74 Å². The van der Waals surface area contributed by atoms with Gasteiger partial charge in [0, 0.05) is 13.1 Å². The molecule has 6 heteroatoms. The van der Waals surface area contributed by atoms with Gasteiger partial charge in [-0.3, -0.25) is 0 Å². The molecule has 5 nitrogen and oxygen atoms in total. The number of aryl methyl sites for hydroxylation is 2. The summed E-state index contributed by atoms with van der Waals surface area (Å²) in [6.07, 6.45) is 1.99. The molecule has 0 amide bonds. The van der Waals surface area contributed by atoms with Crippen molar-refractivity contribution in [1.82, 2.24) is 9.62 Å². The van der Waals surface area contributed by atoms with Crippen molar-refractivity contribution in [3.8, 4) is 5.75 Å². The van der Waals surface area contributed by atoms with E-state index in [0.29, 0.717) is 23.9 Å². The molecule has 0 spiro atoms. The van der Waals surface area contributed by atoms with Gasteiger partial charge >= 0.3 is 0 Å². The van der Waals surface area contributed by atoms with Crippen molar-refractivity contribution in [3.63, 3.8) is 0 Å². The van der Waals surface area contributed by atoms with Gasteiger partial charge in [-0.2, -0.15) is 4.31 Å². The number of methoxy groups -OCH3 is 1. The first-order valence-electron chi connectivity index (χ1n) is 7.70. The topological polar surface area (TPSA) is 58.6 Å². The molecule has 1 aliphatic rings. The highest BCUT2D eigenvalue weighted by Crippen LogP contribution is 2.29. The molecular formula is C16H26N2O3S. The van der Waals surface area contributed by atoms with Crippen LogP contribution in [-0.2, 0) is 10.0 Å². The summed E-state index contributed by atoms with van der Waals surface area (Å²) in [6, 6.07) is 3.53. The molecule has 1 aromatic carbocycles. The number of hydrogen-bond donors (Lipinski definition) is 1. The van der Waals surface area contributed by atoms with Crippen LogP contribution in [-0.4, -0.2) is 46.5 Å². The van der Waals surface area contributed by atoms with Crippen LogP contribution in [0, 0.1) is 19.8 Å². The Kier molecular flexibility index (Phi) is 5.47. The predicted molar refractivity (Wildman–Crippen MR) is 87.9 cm³/mol. The zero-order valence-electron chi connectivity index (χ0n) is 13.8. The average molecular weight is 326 g/mol. The lowest BCUT2D eigenvalue weighted by Crippen LogP contribution is -2.42. The summed E-state index contributed by atoms with van der Waals surface area (Å²) in [7, 11) is 0.0659. The van der Waals surface area contributed by atoms with Gasteiger partial charge in [0.1, 0.15) is 5.75 Å². The Morgan fingerprint density at radius 2 is 2.05 bits per heavy atom. The third kappa shape index (κ3) is 3.45. The number of piperidine rings is 1. The van der Waals surface area contributed by atoms with E-state index in [2.05, 4.69) is 5.32 Å². The second-order valence-electron chi connectivity index (χ2n) is 6.02. The fourth-order valence-electron chi connectivity index (χ4n) is 3.10. The van der Waals surface area contributed by atoms with Crippen molar-refractivity contribution in [2.24, 2.45) is 5.92 Å². The van der Waals surface area contributed by atoms with E-state index in [1.807, 2.05) is 20.9 Å². The molecular weight excluding hydrogens is 300 g/mol. The maximum atomic E-state index is 13.0. The van der Waals surface area contributed by atoms with Gasteiger partial charge in [0.05, 0.1) is 12.0 Å². The molecule has 22 heavy (non-hydrogen) atoms. The molecule has 0 bridgehead atoms. The van der Waals surface area contributed by atoms with Gasteiger partial charge < -0.3 is 10.1 Å². The number of ether oxygens (including phenoxy) is 1. The van der Waals surface area contributed by atoms with Gasteiger partial charge in [-0.25, -0.2) is 8.42 Å². The molecule has 1 fully saturated rings. The molecule has 1 aliphatic heterocycles. The largest absolute Gasteiger partial charge is 0.496 e. The first-order valence-corrected chi connectivity index (χ1v) is 9.14. The van der Waals surface area contributed by atoms with Crippen molar-refractivity contribution >= 4 is 10.0 Å². The highest BCUT2D eigenvalue weighted by atomic mass is 32.2. The third-order valence-electron chi connectivity index (χ3n) is 4.28. The zero-order valence-corrected chi connectivity index (χ0v) is 14.7. The van der Waals surface area contributed by atoms with Crippen LogP contribution < -0.4 is 10.1 Å². The summed E-state index contributed by atoms with van der Waals surface area (Å²) in [5, 5.41) is 3.15. The number of rotatable bonds is 5. The molecule has 124 valence electrons. The van der Waals surface area contributed by atoms with E-state index in [1.165, 1.54) is 0 Å². The standard InChI is InChI=1S/C16H26N2O3S/c1-12-9-16(13(2)8-15(12)21-4)22(19,20)18-7-5-6-14(11-18)10-17-3/h8-9,14,17H,5-7,10-11H2,1-4H3. The van der Waals surface area contributed by atoms with Gasteiger partial charge in [-0.1, -0.05) is 0 Å².